The second kappa shape index (κ2) is 9.48. The van der Waals surface area contributed by atoms with Crippen molar-refractivity contribution in [1.29, 1.82) is 0 Å². The predicted molar refractivity (Wildman–Crippen MR) is 112 cm³/mol. The molecule has 0 aliphatic rings. The van der Waals surface area contributed by atoms with Gasteiger partial charge in [0.15, 0.2) is 0 Å². The van der Waals surface area contributed by atoms with E-state index in [0.717, 1.165) is 5.56 Å². The third-order valence-electron chi connectivity index (χ3n) is 4.19. The molecule has 0 saturated carbocycles. The highest BCUT2D eigenvalue weighted by Crippen LogP contribution is 2.37. The monoisotopic (exact) mass is 405 g/mol. The molecule has 0 aliphatic heterocycles. The highest BCUT2D eigenvalue weighted by Gasteiger charge is 2.11. The van der Waals surface area contributed by atoms with E-state index in [9.17, 15) is 15.2 Å². The first-order chi connectivity index (χ1) is 14.5. The van der Waals surface area contributed by atoms with Gasteiger partial charge in [-0.15, -0.1) is 5.11 Å². The zero-order valence-corrected chi connectivity index (χ0v) is 16.4. The van der Waals surface area contributed by atoms with Crippen molar-refractivity contribution in [3.63, 3.8) is 0 Å². The van der Waals surface area contributed by atoms with Crippen molar-refractivity contribution in [3.05, 3.63) is 81.9 Å². The molecule has 1 N–H and O–H groups in total. The van der Waals surface area contributed by atoms with E-state index in [0.29, 0.717) is 34.1 Å². The van der Waals surface area contributed by atoms with Gasteiger partial charge < -0.3 is 9.84 Å². The number of aryl methyl sites for hydroxylation is 1. The van der Waals surface area contributed by atoms with Gasteiger partial charge in [0, 0.05) is 23.8 Å². The first kappa shape index (κ1) is 20.7. The lowest BCUT2D eigenvalue weighted by Crippen LogP contribution is -1.89. The molecular weight excluding hydrogens is 386 g/mol. The molecule has 0 spiro atoms. The Morgan fingerprint density at radius 3 is 2.00 bits per heavy atom. The third-order valence-corrected chi connectivity index (χ3v) is 4.19. The largest absolute Gasteiger partial charge is 0.494 e. The molecule has 0 saturated heterocycles. The lowest BCUT2D eigenvalue weighted by atomic mass is 10.1. The van der Waals surface area contributed by atoms with E-state index >= 15 is 0 Å². The standard InChI is InChI=1S/C21H19N5O4/c1-14-3-5-16(6-4-14)23-25-20-11-15(13-27)19(12-21(20)30-2)24-22-17-7-9-18(10-8-17)26(28)29/h3-12,27H,13H2,1-2H3/b24-22+,25-23+. The minimum atomic E-state index is -0.487. The predicted octanol–water partition coefficient (Wildman–Crippen LogP) is 6.23. The molecule has 0 aliphatic carbocycles. The first-order valence-corrected chi connectivity index (χ1v) is 8.96. The van der Waals surface area contributed by atoms with Crippen LogP contribution in [0.2, 0.25) is 0 Å². The summed E-state index contributed by atoms with van der Waals surface area (Å²) in [5.74, 6) is 0.417. The van der Waals surface area contributed by atoms with Crippen LogP contribution in [0.1, 0.15) is 11.1 Å². The molecule has 0 unspecified atom stereocenters. The summed E-state index contributed by atoms with van der Waals surface area (Å²) in [6.45, 7) is 1.70. The van der Waals surface area contributed by atoms with Crippen LogP contribution in [-0.4, -0.2) is 17.1 Å². The molecule has 0 aromatic heterocycles. The molecule has 0 heterocycles. The zero-order valence-electron chi connectivity index (χ0n) is 16.4. The second-order valence-electron chi connectivity index (χ2n) is 6.32. The number of aliphatic hydroxyl groups excluding tert-OH is 1. The number of nitro benzene ring substituents is 1. The van der Waals surface area contributed by atoms with Crippen LogP contribution in [0.3, 0.4) is 0 Å². The Bertz CT molecular complexity index is 1090. The molecular formula is C21H19N5O4. The number of hydrogen-bond donors (Lipinski definition) is 1. The van der Waals surface area contributed by atoms with Crippen LogP contribution < -0.4 is 4.74 Å². The second-order valence-corrected chi connectivity index (χ2v) is 6.32. The molecule has 0 atom stereocenters. The number of methoxy groups -OCH3 is 1. The number of nitro groups is 1. The highest BCUT2D eigenvalue weighted by atomic mass is 16.6. The van der Waals surface area contributed by atoms with E-state index < -0.39 is 4.92 Å². The number of non-ortho nitro benzene ring substituents is 1. The fourth-order valence-corrected chi connectivity index (χ4v) is 2.54. The molecule has 3 aromatic rings. The maximum atomic E-state index is 10.7. The molecule has 0 fully saturated rings. The van der Waals surface area contributed by atoms with Crippen molar-refractivity contribution in [2.24, 2.45) is 20.5 Å². The van der Waals surface area contributed by atoms with Crippen LogP contribution in [-0.2, 0) is 6.61 Å². The molecule has 0 amide bonds. The number of rotatable bonds is 7. The van der Waals surface area contributed by atoms with Crippen molar-refractivity contribution in [2.75, 3.05) is 7.11 Å². The Labute approximate surface area is 172 Å². The van der Waals surface area contributed by atoms with Gasteiger partial charge >= 0.3 is 0 Å². The molecule has 3 aromatic carbocycles. The van der Waals surface area contributed by atoms with Crippen LogP contribution in [0.5, 0.6) is 5.75 Å². The quantitative estimate of drug-likeness (QED) is 0.284. The Balaban J connectivity index is 1.88. The van der Waals surface area contributed by atoms with Crippen molar-refractivity contribution in [1.82, 2.24) is 0 Å². The minimum Gasteiger partial charge on any atom is -0.494 e. The van der Waals surface area contributed by atoms with Gasteiger partial charge in [-0.05, 0) is 37.3 Å². The minimum absolute atomic E-state index is 0.0324. The zero-order chi connectivity index (χ0) is 21.5. The molecule has 9 heteroatoms. The number of benzene rings is 3. The van der Waals surface area contributed by atoms with Crippen LogP contribution in [0.4, 0.5) is 28.4 Å². The summed E-state index contributed by atoms with van der Waals surface area (Å²) in [7, 11) is 1.50. The van der Waals surface area contributed by atoms with Crippen LogP contribution in [0, 0.1) is 17.0 Å². The first-order valence-electron chi connectivity index (χ1n) is 8.96. The van der Waals surface area contributed by atoms with Crippen LogP contribution in [0.15, 0.2) is 81.1 Å². The lowest BCUT2D eigenvalue weighted by molar-refractivity contribution is -0.384. The summed E-state index contributed by atoms with van der Waals surface area (Å²) in [4.78, 5) is 10.2. The van der Waals surface area contributed by atoms with Crippen molar-refractivity contribution in [2.45, 2.75) is 13.5 Å². The summed E-state index contributed by atoms with van der Waals surface area (Å²) < 4.78 is 5.38. The molecule has 152 valence electrons. The van der Waals surface area contributed by atoms with Gasteiger partial charge in [-0.3, -0.25) is 10.1 Å². The Hall–Kier alpha value is -3.98. The number of hydrogen-bond acceptors (Lipinski definition) is 8. The Morgan fingerprint density at radius 1 is 0.900 bits per heavy atom. The summed E-state index contributed by atoms with van der Waals surface area (Å²) >= 11 is 0. The normalized spacial score (nSPS) is 11.3. The molecule has 3 rings (SSSR count). The lowest BCUT2D eigenvalue weighted by Gasteiger charge is -2.08. The maximum absolute atomic E-state index is 10.7. The van der Waals surface area contributed by atoms with E-state index in [1.54, 1.807) is 12.1 Å². The van der Waals surface area contributed by atoms with Crippen molar-refractivity contribution < 1.29 is 14.8 Å². The Kier molecular flexibility index (Phi) is 6.56. The maximum Gasteiger partial charge on any atom is 0.269 e. The van der Waals surface area contributed by atoms with Gasteiger partial charge in [0.25, 0.3) is 5.69 Å². The number of aliphatic hydroxyl groups is 1. The van der Waals surface area contributed by atoms with Gasteiger partial charge in [-0.25, -0.2) is 0 Å². The van der Waals surface area contributed by atoms with Crippen LogP contribution in [0.25, 0.3) is 0 Å². The Morgan fingerprint density at radius 2 is 1.47 bits per heavy atom. The van der Waals surface area contributed by atoms with Gasteiger partial charge in [-0.1, -0.05) is 17.7 Å². The van der Waals surface area contributed by atoms with Gasteiger partial charge in [-0.2, -0.15) is 15.3 Å². The van der Waals surface area contributed by atoms with Gasteiger partial charge in [0.1, 0.15) is 11.4 Å². The highest BCUT2D eigenvalue weighted by molar-refractivity contribution is 5.63. The number of ether oxygens (including phenoxy) is 1. The van der Waals surface area contributed by atoms with Crippen LogP contribution >= 0.6 is 0 Å². The van der Waals surface area contributed by atoms with E-state index in [-0.39, 0.29) is 12.3 Å². The molecule has 0 radical (unpaired) electrons. The SMILES string of the molecule is COc1cc(/N=N/c2ccc([N+](=O)[O-])cc2)c(CO)cc1/N=N/c1ccc(C)cc1. The average Bonchev–Trinajstić information content (AvgIpc) is 2.77. The number of azo groups is 2. The summed E-state index contributed by atoms with van der Waals surface area (Å²) in [6.07, 6.45) is 0. The summed E-state index contributed by atoms with van der Waals surface area (Å²) in [5, 5.41) is 37.1. The number of nitrogens with zero attached hydrogens (tertiary/aromatic N) is 5. The van der Waals surface area contributed by atoms with Crippen molar-refractivity contribution >= 4 is 28.4 Å². The smallest absolute Gasteiger partial charge is 0.269 e. The van der Waals surface area contributed by atoms with Gasteiger partial charge in [0.05, 0.1) is 35.7 Å². The van der Waals surface area contributed by atoms with Gasteiger partial charge in [0.2, 0.25) is 0 Å². The average molecular weight is 405 g/mol. The van der Waals surface area contributed by atoms with E-state index in [1.165, 1.54) is 31.4 Å². The third kappa shape index (κ3) is 5.09. The molecule has 0 bridgehead atoms. The topological polar surface area (TPSA) is 122 Å². The van der Waals surface area contributed by atoms with E-state index in [1.807, 2.05) is 31.2 Å². The summed E-state index contributed by atoms with van der Waals surface area (Å²) in [5.41, 5.74) is 3.53. The fourth-order valence-electron chi connectivity index (χ4n) is 2.54. The summed E-state index contributed by atoms with van der Waals surface area (Å²) in [6, 6.07) is 16.5. The molecule has 30 heavy (non-hydrogen) atoms. The van der Waals surface area contributed by atoms with E-state index in [4.69, 9.17) is 4.74 Å². The van der Waals surface area contributed by atoms with Crippen molar-refractivity contribution in [3.8, 4) is 5.75 Å². The molecule has 9 nitrogen and oxygen atoms in total. The fraction of sp³-hybridized carbons (Fsp3) is 0.143. The van der Waals surface area contributed by atoms with E-state index in [2.05, 4.69) is 20.5 Å².